The molecule has 0 saturated carbocycles. The van der Waals surface area contributed by atoms with E-state index in [1.165, 1.54) is 16.0 Å². The van der Waals surface area contributed by atoms with Crippen molar-refractivity contribution in [2.24, 2.45) is 4.99 Å². The minimum atomic E-state index is 0.107. The van der Waals surface area contributed by atoms with Crippen LogP contribution in [0.1, 0.15) is 22.1 Å². The standard InChI is InChI=1S/C19H25N3OS/c1-15-6-3-4-8-17(15)18-14-22(11-12-23-18)19(20-2)21-10-9-16-7-5-13-24-16/h3-8,13,18H,9-12,14H2,1-2H3,(H,20,21). The first-order valence-electron chi connectivity index (χ1n) is 8.43. The van der Waals surface area contributed by atoms with E-state index in [-0.39, 0.29) is 6.10 Å². The van der Waals surface area contributed by atoms with Crippen molar-refractivity contribution in [3.63, 3.8) is 0 Å². The third kappa shape index (κ3) is 4.16. The first-order valence-corrected chi connectivity index (χ1v) is 9.31. The quantitative estimate of drug-likeness (QED) is 0.684. The number of aryl methyl sites for hydroxylation is 1. The second kappa shape index (κ2) is 8.31. The smallest absolute Gasteiger partial charge is 0.193 e. The van der Waals surface area contributed by atoms with Crippen LogP contribution < -0.4 is 5.32 Å². The Hall–Kier alpha value is -1.85. The number of nitrogens with zero attached hydrogens (tertiary/aromatic N) is 2. The van der Waals surface area contributed by atoms with Crippen molar-refractivity contribution in [2.45, 2.75) is 19.4 Å². The highest BCUT2D eigenvalue weighted by molar-refractivity contribution is 7.09. The van der Waals surface area contributed by atoms with E-state index in [1.54, 1.807) is 11.3 Å². The van der Waals surface area contributed by atoms with Crippen molar-refractivity contribution in [3.8, 4) is 0 Å². The van der Waals surface area contributed by atoms with Gasteiger partial charge in [-0.3, -0.25) is 4.99 Å². The van der Waals surface area contributed by atoms with Gasteiger partial charge in [-0.1, -0.05) is 30.3 Å². The maximum Gasteiger partial charge on any atom is 0.193 e. The van der Waals surface area contributed by atoms with Gasteiger partial charge >= 0.3 is 0 Å². The van der Waals surface area contributed by atoms with Gasteiger partial charge in [0.2, 0.25) is 0 Å². The zero-order valence-corrected chi connectivity index (χ0v) is 15.2. The van der Waals surface area contributed by atoms with Gasteiger partial charge in [-0.15, -0.1) is 11.3 Å². The first kappa shape index (κ1) is 17.0. The van der Waals surface area contributed by atoms with Gasteiger partial charge in [-0.05, 0) is 35.9 Å². The molecule has 128 valence electrons. The average molecular weight is 343 g/mol. The summed E-state index contributed by atoms with van der Waals surface area (Å²) in [6.45, 7) is 5.49. The van der Waals surface area contributed by atoms with Gasteiger partial charge in [0.15, 0.2) is 5.96 Å². The molecule has 1 unspecified atom stereocenters. The van der Waals surface area contributed by atoms with Crippen LogP contribution in [0.5, 0.6) is 0 Å². The molecule has 2 aromatic rings. The molecule has 1 fully saturated rings. The van der Waals surface area contributed by atoms with Crippen LogP contribution in [-0.4, -0.2) is 44.1 Å². The van der Waals surface area contributed by atoms with Gasteiger partial charge in [-0.25, -0.2) is 0 Å². The van der Waals surface area contributed by atoms with Crippen molar-refractivity contribution >= 4 is 17.3 Å². The molecule has 0 bridgehead atoms. The predicted molar refractivity (Wildman–Crippen MR) is 101 cm³/mol. The lowest BCUT2D eigenvalue weighted by Gasteiger charge is -2.35. The van der Waals surface area contributed by atoms with Crippen LogP contribution in [0.2, 0.25) is 0 Å². The Labute approximate surface area is 148 Å². The lowest BCUT2D eigenvalue weighted by molar-refractivity contribution is -0.00829. The van der Waals surface area contributed by atoms with Crippen LogP contribution >= 0.6 is 11.3 Å². The van der Waals surface area contributed by atoms with Crippen molar-refractivity contribution in [1.29, 1.82) is 0 Å². The summed E-state index contributed by atoms with van der Waals surface area (Å²) < 4.78 is 6.01. The number of nitrogens with one attached hydrogen (secondary N) is 1. The summed E-state index contributed by atoms with van der Waals surface area (Å²) in [5.74, 6) is 0.966. The van der Waals surface area contributed by atoms with Crippen LogP contribution in [0.4, 0.5) is 0 Å². The summed E-state index contributed by atoms with van der Waals surface area (Å²) in [5.41, 5.74) is 2.56. The molecule has 24 heavy (non-hydrogen) atoms. The number of thiophene rings is 1. The second-order valence-corrected chi connectivity index (χ2v) is 7.00. The van der Waals surface area contributed by atoms with Crippen LogP contribution in [0.3, 0.4) is 0 Å². The Morgan fingerprint density at radius 2 is 2.21 bits per heavy atom. The number of guanidine groups is 1. The molecule has 0 aliphatic carbocycles. The van der Waals surface area contributed by atoms with Gasteiger partial charge in [0.25, 0.3) is 0 Å². The lowest BCUT2D eigenvalue weighted by atomic mass is 10.0. The van der Waals surface area contributed by atoms with E-state index in [2.05, 4.69) is 63.9 Å². The molecular formula is C19H25N3OS. The fourth-order valence-corrected chi connectivity index (χ4v) is 3.77. The Morgan fingerprint density at radius 3 is 2.96 bits per heavy atom. The number of aliphatic imine (C=N–C) groups is 1. The lowest BCUT2D eigenvalue weighted by Crippen LogP contribution is -2.48. The third-order valence-electron chi connectivity index (χ3n) is 4.35. The number of hydrogen-bond donors (Lipinski definition) is 1. The van der Waals surface area contributed by atoms with E-state index in [1.807, 2.05) is 7.05 Å². The summed E-state index contributed by atoms with van der Waals surface area (Å²) >= 11 is 1.80. The fraction of sp³-hybridized carbons (Fsp3) is 0.421. The summed E-state index contributed by atoms with van der Waals surface area (Å²) in [7, 11) is 1.85. The molecule has 0 radical (unpaired) electrons. The zero-order valence-electron chi connectivity index (χ0n) is 14.4. The monoisotopic (exact) mass is 343 g/mol. The molecular weight excluding hydrogens is 318 g/mol. The maximum atomic E-state index is 6.01. The van der Waals surface area contributed by atoms with E-state index in [0.717, 1.165) is 38.6 Å². The zero-order chi connectivity index (χ0) is 16.8. The molecule has 1 saturated heterocycles. The van der Waals surface area contributed by atoms with Crippen LogP contribution in [0.15, 0.2) is 46.8 Å². The van der Waals surface area contributed by atoms with Crippen molar-refractivity contribution < 1.29 is 4.74 Å². The van der Waals surface area contributed by atoms with Gasteiger partial charge in [0.05, 0.1) is 13.2 Å². The Balaban J connectivity index is 1.59. The number of morpholine rings is 1. The largest absolute Gasteiger partial charge is 0.370 e. The topological polar surface area (TPSA) is 36.9 Å². The van der Waals surface area contributed by atoms with Gasteiger partial charge in [0.1, 0.15) is 6.10 Å². The second-order valence-electron chi connectivity index (χ2n) is 5.97. The SMILES string of the molecule is CN=C(NCCc1cccs1)N1CCOC(c2ccccc2C)C1. The summed E-state index contributed by atoms with van der Waals surface area (Å²) in [5, 5.41) is 5.62. The van der Waals surface area contributed by atoms with Gasteiger partial charge in [-0.2, -0.15) is 0 Å². The van der Waals surface area contributed by atoms with Crippen molar-refractivity contribution in [3.05, 3.63) is 57.8 Å². The number of hydrogen-bond acceptors (Lipinski definition) is 3. The minimum Gasteiger partial charge on any atom is -0.370 e. The maximum absolute atomic E-state index is 6.01. The first-order chi connectivity index (χ1) is 11.8. The number of ether oxygens (including phenoxy) is 1. The molecule has 1 aliphatic rings. The summed E-state index contributed by atoms with van der Waals surface area (Å²) in [4.78, 5) is 8.16. The van der Waals surface area contributed by atoms with Gasteiger partial charge in [0, 0.05) is 25.0 Å². The van der Waals surface area contributed by atoms with Gasteiger partial charge < -0.3 is 15.0 Å². The molecule has 1 N–H and O–H groups in total. The molecule has 1 aliphatic heterocycles. The van der Waals surface area contributed by atoms with E-state index in [9.17, 15) is 0 Å². The third-order valence-corrected chi connectivity index (χ3v) is 5.28. The molecule has 1 aromatic heterocycles. The summed E-state index contributed by atoms with van der Waals surface area (Å²) in [6, 6.07) is 12.7. The predicted octanol–water partition coefficient (Wildman–Crippen LogP) is 3.25. The highest BCUT2D eigenvalue weighted by atomic mass is 32.1. The highest BCUT2D eigenvalue weighted by Gasteiger charge is 2.24. The molecule has 4 nitrogen and oxygen atoms in total. The summed E-state index contributed by atoms with van der Waals surface area (Å²) in [6.07, 6.45) is 1.14. The normalized spacial score (nSPS) is 18.7. The fourth-order valence-electron chi connectivity index (χ4n) is 3.06. The Kier molecular flexibility index (Phi) is 5.88. The molecule has 3 rings (SSSR count). The minimum absolute atomic E-state index is 0.107. The highest BCUT2D eigenvalue weighted by Crippen LogP contribution is 2.24. The van der Waals surface area contributed by atoms with E-state index in [4.69, 9.17) is 4.74 Å². The molecule has 5 heteroatoms. The molecule has 1 aromatic carbocycles. The van der Waals surface area contributed by atoms with E-state index < -0.39 is 0 Å². The van der Waals surface area contributed by atoms with Crippen molar-refractivity contribution in [1.82, 2.24) is 10.2 Å². The molecule has 2 heterocycles. The van der Waals surface area contributed by atoms with Crippen molar-refractivity contribution in [2.75, 3.05) is 33.3 Å². The van der Waals surface area contributed by atoms with Crippen LogP contribution in [-0.2, 0) is 11.2 Å². The molecule has 0 spiro atoms. The van der Waals surface area contributed by atoms with E-state index >= 15 is 0 Å². The molecule has 0 amide bonds. The Bertz CT molecular complexity index is 669. The van der Waals surface area contributed by atoms with Crippen LogP contribution in [0.25, 0.3) is 0 Å². The number of benzene rings is 1. The van der Waals surface area contributed by atoms with Crippen LogP contribution in [0, 0.1) is 6.92 Å². The molecule has 1 atom stereocenters. The Morgan fingerprint density at radius 1 is 1.33 bits per heavy atom. The van der Waals surface area contributed by atoms with E-state index in [0.29, 0.717) is 0 Å². The number of rotatable bonds is 4. The average Bonchev–Trinajstić information content (AvgIpc) is 3.13.